The Morgan fingerprint density at radius 1 is 1.31 bits per heavy atom. The number of hydrogen-bond acceptors (Lipinski definition) is 2. The molecule has 0 aromatic heterocycles. The Hall–Kier alpha value is -1.57. The normalized spacial score (nSPS) is 10.6. The first-order chi connectivity index (χ1) is 7.72. The van der Waals surface area contributed by atoms with E-state index in [1.165, 1.54) is 18.9 Å². The summed E-state index contributed by atoms with van der Waals surface area (Å²) in [5.41, 5.74) is 2.49. The zero-order valence-corrected chi connectivity index (χ0v) is 9.90. The van der Waals surface area contributed by atoms with E-state index >= 15 is 0 Å². The van der Waals surface area contributed by atoms with Crippen molar-refractivity contribution in [1.29, 1.82) is 0 Å². The topological polar surface area (TPSA) is 26.3 Å². The molecule has 0 bridgehead atoms. The number of ether oxygens (including phenoxy) is 1. The molecule has 0 radical (unpaired) electrons. The van der Waals surface area contributed by atoms with Gasteiger partial charge in [0, 0.05) is 6.92 Å². The van der Waals surface area contributed by atoms with Gasteiger partial charge in [-0.1, -0.05) is 43.7 Å². The summed E-state index contributed by atoms with van der Waals surface area (Å²) in [6.07, 6.45) is 6.09. The molecule has 0 aliphatic carbocycles. The molecule has 0 unspecified atom stereocenters. The summed E-state index contributed by atoms with van der Waals surface area (Å²) >= 11 is 0. The lowest BCUT2D eigenvalue weighted by molar-refractivity contribution is -0.139. The molecule has 2 heteroatoms. The zero-order valence-electron chi connectivity index (χ0n) is 9.90. The Bertz CT molecular complexity index is 350. The molecule has 2 nitrogen and oxygen atoms in total. The maximum Gasteiger partial charge on any atom is 0.302 e. The van der Waals surface area contributed by atoms with Crippen LogP contribution in [0.4, 0.5) is 0 Å². The molecule has 0 saturated heterocycles. The fraction of sp³-hybridized carbons (Fsp3) is 0.357. The van der Waals surface area contributed by atoms with Crippen LogP contribution in [0, 0.1) is 0 Å². The summed E-state index contributed by atoms with van der Waals surface area (Å²) in [6.45, 7) is 3.92. The summed E-state index contributed by atoms with van der Waals surface area (Å²) in [6, 6.07) is 8.43. The van der Waals surface area contributed by atoms with Crippen LogP contribution in [-0.2, 0) is 16.0 Å². The molecular weight excluding hydrogens is 200 g/mol. The smallest absolute Gasteiger partial charge is 0.302 e. The van der Waals surface area contributed by atoms with Gasteiger partial charge in [0.15, 0.2) is 0 Å². The monoisotopic (exact) mass is 218 g/mol. The van der Waals surface area contributed by atoms with Gasteiger partial charge in [0.05, 0.1) is 0 Å². The van der Waals surface area contributed by atoms with Gasteiger partial charge in [0.1, 0.15) is 6.61 Å². The molecular formula is C14H18O2. The summed E-state index contributed by atoms with van der Waals surface area (Å²) in [4.78, 5) is 10.5. The van der Waals surface area contributed by atoms with E-state index in [-0.39, 0.29) is 5.97 Å². The Labute approximate surface area is 96.9 Å². The van der Waals surface area contributed by atoms with Gasteiger partial charge >= 0.3 is 5.97 Å². The molecule has 0 N–H and O–H groups in total. The molecule has 0 heterocycles. The van der Waals surface area contributed by atoms with Gasteiger partial charge < -0.3 is 4.74 Å². The molecule has 1 rings (SSSR count). The average molecular weight is 218 g/mol. The fourth-order valence-electron chi connectivity index (χ4n) is 1.43. The van der Waals surface area contributed by atoms with Crippen molar-refractivity contribution in [1.82, 2.24) is 0 Å². The third kappa shape index (κ3) is 4.78. The van der Waals surface area contributed by atoms with Crippen molar-refractivity contribution in [3.8, 4) is 0 Å². The second-order valence-corrected chi connectivity index (χ2v) is 3.70. The first kappa shape index (κ1) is 12.5. The number of hydrogen-bond donors (Lipinski definition) is 0. The molecule has 16 heavy (non-hydrogen) atoms. The number of carbonyl (C=O) groups is 1. The van der Waals surface area contributed by atoms with Gasteiger partial charge in [-0.2, -0.15) is 0 Å². The van der Waals surface area contributed by atoms with Gasteiger partial charge in [-0.15, -0.1) is 0 Å². The predicted octanol–water partition coefficient (Wildman–Crippen LogP) is 3.22. The predicted molar refractivity (Wildman–Crippen MR) is 66.1 cm³/mol. The van der Waals surface area contributed by atoms with Crippen LogP contribution < -0.4 is 0 Å². The molecule has 0 spiro atoms. The Kier molecular flexibility index (Phi) is 5.34. The molecule has 0 fully saturated rings. The van der Waals surface area contributed by atoms with E-state index in [0.717, 1.165) is 12.0 Å². The molecule has 1 aromatic carbocycles. The first-order valence-corrected chi connectivity index (χ1v) is 5.61. The number of esters is 1. The SMILES string of the molecule is CCCc1ccc(/C=C/COC(C)=O)cc1. The number of benzene rings is 1. The van der Waals surface area contributed by atoms with Gasteiger partial charge in [0.25, 0.3) is 0 Å². The zero-order chi connectivity index (χ0) is 11.8. The maximum atomic E-state index is 10.5. The van der Waals surface area contributed by atoms with E-state index in [1.54, 1.807) is 0 Å². The van der Waals surface area contributed by atoms with Crippen molar-refractivity contribution in [3.63, 3.8) is 0 Å². The lowest BCUT2D eigenvalue weighted by Crippen LogP contribution is -1.97. The van der Waals surface area contributed by atoms with Crippen LogP contribution in [-0.4, -0.2) is 12.6 Å². The van der Waals surface area contributed by atoms with Gasteiger partial charge in [-0.3, -0.25) is 4.79 Å². The van der Waals surface area contributed by atoms with Crippen LogP contribution in [0.2, 0.25) is 0 Å². The molecule has 86 valence electrons. The first-order valence-electron chi connectivity index (χ1n) is 5.61. The number of aryl methyl sites for hydroxylation is 1. The molecule has 0 amide bonds. The minimum Gasteiger partial charge on any atom is -0.462 e. The molecule has 0 atom stereocenters. The Balaban J connectivity index is 2.45. The highest BCUT2D eigenvalue weighted by molar-refractivity contribution is 5.66. The van der Waals surface area contributed by atoms with Crippen molar-refractivity contribution < 1.29 is 9.53 Å². The van der Waals surface area contributed by atoms with E-state index in [4.69, 9.17) is 4.74 Å². The Morgan fingerprint density at radius 3 is 2.56 bits per heavy atom. The number of carbonyl (C=O) groups excluding carboxylic acids is 1. The standard InChI is InChI=1S/C14H18O2/c1-3-5-13-7-9-14(10-8-13)6-4-11-16-12(2)15/h4,6-10H,3,5,11H2,1-2H3/b6-4+. The van der Waals surface area contributed by atoms with E-state index in [1.807, 2.05) is 12.2 Å². The minimum atomic E-state index is -0.247. The van der Waals surface area contributed by atoms with Crippen molar-refractivity contribution >= 4 is 12.0 Å². The molecule has 0 aliphatic heterocycles. The lowest BCUT2D eigenvalue weighted by atomic mass is 10.1. The van der Waals surface area contributed by atoms with Gasteiger partial charge in [0.2, 0.25) is 0 Å². The molecule has 0 saturated carbocycles. The van der Waals surface area contributed by atoms with Crippen LogP contribution in [0.3, 0.4) is 0 Å². The highest BCUT2D eigenvalue weighted by Gasteiger charge is 1.91. The lowest BCUT2D eigenvalue weighted by Gasteiger charge is -1.99. The summed E-state index contributed by atoms with van der Waals surface area (Å²) in [5, 5.41) is 0. The number of rotatable bonds is 5. The Morgan fingerprint density at radius 2 is 2.00 bits per heavy atom. The van der Waals surface area contributed by atoms with Crippen LogP contribution in [0.25, 0.3) is 6.08 Å². The highest BCUT2D eigenvalue weighted by Crippen LogP contribution is 2.07. The van der Waals surface area contributed by atoms with Crippen molar-refractivity contribution in [2.75, 3.05) is 6.61 Å². The van der Waals surface area contributed by atoms with Crippen LogP contribution in [0.15, 0.2) is 30.3 Å². The minimum absolute atomic E-state index is 0.247. The second-order valence-electron chi connectivity index (χ2n) is 3.70. The third-order valence-electron chi connectivity index (χ3n) is 2.21. The van der Waals surface area contributed by atoms with Crippen LogP contribution >= 0.6 is 0 Å². The summed E-state index contributed by atoms with van der Waals surface area (Å²) in [5.74, 6) is -0.247. The summed E-state index contributed by atoms with van der Waals surface area (Å²) < 4.78 is 4.80. The largest absolute Gasteiger partial charge is 0.462 e. The maximum absolute atomic E-state index is 10.5. The van der Waals surface area contributed by atoms with Crippen LogP contribution in [0.5, 0.6) is 0 Å². The molecule has 0 aliphatic rings. The molecule has 1 aromatic rings. The summed E-state index contributed by atoms with van der Waals surface area (Å²) in [7, 11) is 0. The van der Waals surface area contributed by atoms with E-state index in [9.17, 15) is 4.79 Å². The van der Waals surface area contributed by atoms with Crippen molar-refractivity contribution in [2.45, 2.75) is 26.7 Å². The van der Waals surface area contributed by atoms with Crippen molar-refractivity contribution in [3.05, 3.63) is 41.5 Å². The fourth-order valence-corrected chi connectivity index (χ4v) is 1.43. The quantitative estimate of drug-likeness (QED) is 0.709. The van der Waals surface area contributed by atoms with E-state index in [0.29, 0.717) is 6.61 Å². The second kappa shape index (κ2) is 6.83. The van der Waals surface area contributed by atoms with Crippen LogP contribution in [0.1, 0.15) is 31.4 Å². The highest BCUT2D eigenvalue weighted by atomic mass is 16.5. The van der Waals surface area contributed by atoms with Gasteiger partial charge in [-0.25, -0.2) is 0 Å². The van der Waals surface area contributed by atoms with Crippen molar-refractivity contribution in [2.24, 2.45) is 0 Å². The van der Waals surface area contributed by atoms with E-state index in [2.05, 4.69) is 31.2 Å². The average Bonchev–Trinajstić information content (AvgIpc) is 2.27. The van der Waals surface area contributed by atoms with Gasteiger partial charge in [-0.05, 0) is 23.6 Å². The van der Waals surface area contributed by atoms with E-state index < -0.39 is 0 Å². The third-order valence-corrected chi connectivity index (χ3v) is 2.21.